The summed E-state index contributed by atoms with van der Waals surface area (Å²) in [5.41, 5.74) is 8.39. The Morgan fingerprint density at radius 1 is 0.930 bits per heavy atom. The lowest BCUT2D eigenvalue weighted by Crippen LogP contribution is -2.52. The number of fused-ring (bicyclic) bond motifs is 1. The van der Waals surface area contributed by atoms with Crippen molar-refractivity contribution in [3.05, 3.63) is 69.8 Å². The van der Waals surface area contributed by atoms with Gasteiger partial charge in [0.2, 0.25) is 17.7 Å². The van der Waals surface area contributed by atoms with E-state index in [2.05, 4.69) is 5.32 Å². The summed E-state index contributed by atoms with van der Waals surface area (Å²) in [7, 11) is 0. The zero-order valence-corrected chi connectivity index (χ0v) is 22.9. The number of halogens is 7. The molecular weight excluding hydrogens is 591 g/mol. The number of nitrogens with zero attached hydrogens (tertiary/aromatic N) is 2. The molecule has 43 heavy (non-hydrogen) atoms. The fourth-order valence-corrected chi connectivity index (χ4v) is 4.63. The van der Waals surface area contributed by atoms with Crippen LogP contribution in [0.25, 0.3) is 0 Å². The van der Waals surface area contributed by atoms with Crippen LogP contribution in [0, 0.1) is 29.2 Å². The van der Waals surface area contributed by atoms with Crippen molar-refractivity contribution in [3.63, 3.8) is 0 Å². The van der Waals surface area contributed by atoms with Gasteiger partial charge in [0.1, 0.15) is 12.1 Å². The van der Waals surface area contributed by atoms with E-state index in [1.807, 2.05) is 0 Å². The lowest BCUT2D eigenvalue weighted by Gasteiger charge is -2.29. The van der Waals surface area contributed by atoms with Gasteiger partial charge in [-0.25, -0.2) is 17.6 Å². The molecule has 1 aliphatic rings. The van der Waals surface area contributed by atoms with Crippen LogP contribution in [0.3, 0.4) is 0 Å². The minimum atomic E-state index is -4.71. The minimum Gasteiger partial charge on any atom is -0.386 e. The van der Waals surface area contributed by atoms with Crippen molar-refractivity contribution in [3.8, 4) is 0 Å². The largest absolute Gasteiger partial charge is 0.416 e. The van der Waals surface area contributed by atoms with Crippen LogP contribution in [0.5, 0.6) is 0 Å². The summed E-state index contributed by atoms with van der Waals surface area (Å²) in [6.45, 7) is 0.363. The Hall–Kier alpha value is -3.76. The van der Waals surface area contributed by atoms with E-state index in [-0.39, 0.29) is 38.2 Å². The molecule has 1 heterocycles. The summed E-state index contributed by atoms with van der Waals surface area (Å²) in [5.74, 6) is -11.3. The van der Waals surface area contributed by atoms with Crippen molar-refractivity contribution in [2.45, 2.75) is 44.8 Å². The summed E-state index contributed by atoms with van der Waals surface area (Å²) in [6.07, 6.45) is -7.07. The van der Waals surface area contributed by atoms with Gasteiger partial charge >= 0.3 is 6.18 Å². The van der Waals surface area contributed by atoms with Crippen LogP contribution in [0.15, 0.2) is 24.3 Å². The maximum Gasteiger partial charge on any atom is 0.416 e. The predicted molar refractivity (Wildman–Crippen MR) is 137 cm³/mol. The molecule has 16 heteroatoms. The molecule has 2 aromatic rings. The molecule has 0 saturated heterocycles. The molecular formula is C27H30F7N5O4. The van der Waals surface area contributed by atoms with Crippen LogP contribution in [0.4, 0.5) is 30.7 Å². The van der Waals surface area contributed by atoms with Crippen LogP contribution in [-0.2, 0) is 33.6 Å². The first-order valence-electron chi connectivity index (χ1n) is 13.1. The van der Waals surface area contributed by atoms with Crippen molar-refractivity contribution in [2.24, 2.45) is 17.4 Å². The molecule has 0 bridgehead atoms. The fourth-order valence-electron chi connectivity index (χ4n) is 4.63. The monoisotopic (exact) mass is 621 g/mol. The number of aliphatic hydroxyl groups excluding tert-OH is 1. The second kappa shape index (κ2) is 13.7. The lowest BCUT2D eigenvalue weighted by molar-refractivity contribution is -0.142. The van der Waals surface area contributed by atoms with Crippen molar-refractivity contribution in [1.29, 1.82) is 0 Å². The summed E-state index contributed by atoms with van der Waals surface area (Å²) >= 11 is 0. The van der Waals surface area contributed by atoms with Crippen LogP contribution in [0.1, 0.15) is 41.7 Å². The summed E-state index contributed by atoms with van der Waals surface area (Å²) in [6, 6.07) is 1.06. The van der Waals surface area contributed by atoms with Gasteiger partial charge in [0.25, 0.3) is 0 Å². The van der Waals surface area contributed by atoms with Gasteiger partial charge in [-0.05, 0) is 17.7 Å². The second-order valence-electron chi connectivity index (χ2n) is 10.0. The fraction of sp³-hybridized carbons (Fsp3) is 0.444. The van der Waals surface area contributed by atoms with E-state index < -0.39 is 95.0 Å². The van der Waals surface area contributed by atoms with E-state index in [0.29, 0.717) is 17.0 Å². The Kier molecular flexibility index (Phi) is 10.7. The molecule has 0 radical (unpaired) electrons. The highest BCUT2D eigenvalue weighted by molar-refractivity contribution is 5.91. The smallest absolute Gasteiger partial charge is 0.386 e. The zero-order valence-electron chi connectivity index (χ0n) is 22.9. The van der Waals surface area contributed by atoms with Crippen molar-refractivity contribution >= 4 is 17.7 Å². The number of rotatable bonds is 11. The van der Waals surface area contributed by atoms with Gasteiger partial charge in [0.05, 0.1) is 5.56 Å². The van der Waals surface area contributed by atoms with Crippen molar-refractivity contribution in [1.82, 2.24) is 15.1 Å². The van der Waals surface area contributed by atoms with Gasteiger partial charge < -0.3 is 31.7 Å². The van der Waals surface area contributed by atoms with Gasteiger partial charge in [-0.3, -0.25) is 14.4 Å². The molecule has 6 N–H and O–H groups in total. The number of amides is 3. The molecule has 3 unspecified atom stereocenters. The highest BCUT2D eigenvalue weighted by Gasteiger charge is 2.40. The van der Waals surface area contributed by atoms with Crippen LogP contribution < -0.4 is 16.8 Å². The van der Waals surface area contributed by atoms with Crippen LogP contribution in [-0.4, -0.2) is 64.8 Å². The van der Waals surface area contributed by atoms with Gasteiger partial charge in [-0.2, -0.15) is 13.2 Å². The Morgan fingerprint density at radius 2 is 1.42 bits per heavy atom. The number of aliphatic hydroxyl groups is 1. The first-order chi connectivity index (χ1) is 20.1. The second-order valence-corrected chi connectivity index (χ2v) is 10.0. The van der Waals surface area contributed by atoms with E-state index in [1.165, 1.54) is 11.8 Å². The van der Waals surface area contributed by atoms with Crippen LogP contribution >= 0.6 is 0 Å². The molecule has 0 aliphatic carbocycles. The van der Waals surface area contributed by atoms with Gasteiger partial charge in [-0.1, -0.05) is 19.1 Å². The number of nitrogens with two attached hydrogens (primary N) is 2. The molecule has 1 aliphatic heterocycles. The molecule has 3 amide bonds. The Bertz CT molecular complexity index is 1310. The number of nitrogens with one attached hydrogen (secondary N) is 1. The zero-order chi connectivity index (χ0) is 32.2. The average Bonchev–Trinajstić information content (AvgIpc) is 3.42. The molecule has 0 spiro atoms. The quantitative estimate of drug-likeness (QED) is 0.172. The Morgan fingerprint density at radius 3 is 1.86 bits per heavy atom. The lowest BCUT2D eigenvalue weighted by atomic mass is 9.98. The predicted octanol–water partition coefficient (Wildman–Crippen LogP) is 2.09. The van der Waals surface area contributed by atoms with E-state index in [1.54, 1.807) is 0 Å². The molecule has 0 aromatic heterocycles. The number of hydrogen-bond acceptors (Lipinski definition) is 6. The third-order valence-electron chi connectivity index (χ3n) is 7.02. The first kappa shape index (κ1) is 33.7. The molecule has 9 nitrogen and oxygen atoms in total. The minimum absolute atomic E-state index is 0.120. The number of carbonyl (C=O) groups excluding carboxylic acids is 3. The van der Waals surface area contributed by atoms with Gasteiger partial charge in [0, 0.05) is 62.7 Å². The summed E-state index contributed by atoms with van der Waals surface area (Å²) in [5, 5.41) is 13.3. The van der Waals surface area contributed by atoms with Gasteiger partial charge in [0.15, 0.2) is 23.3 Å². The topological polar surface area (TPSA) is 142 Å². The number of carbonyl (C=O) groups is 3. The highest BCUT2D eigenvalue weighted by atomic mass is 19.4. The van der Waals surface area contributed by atoms with E-state index in [9.17, 15) is 50.2 Å². The maximum absolute atomic E-state index is 14.4. The van der Waals surface area contributed by atoms with Gasteiger partial charge in [-0.15, -0.1) is 0 Å². The SMILES string of the molecule is CC(CC(=O)N(CCN)CCN)C(=O)NC(C(=O)N1Cc2c(F)c(F)c(F)c(F)c2C1)C(O)c1ccc(C(F)(F)F)cc1. The third-order valence-corrected chi connectivity index (χ3v) is 7.02. The number of alkyl halides is 3. The molecule has 3 atom stereocenters. The van der Waals surface area contributed by atoms with Crippen molar-refractivity contribution < 1.29 is 50.2 Å². The molecule has 2 aromatic carbocycles. The van der Waals surface area contributed by atoms with Crippen molar-refractivity contribution in [2.75, 3.05) is 26.2 Å². The molecule has 0 fully saturated rings. The molecule has 3 rings (SSSR count). The van der Waals surface area contributed by atoms with E-state index >= 15 is 0 Å². The highest BCUT2D eigenvalue weighted by Crippen LogP contribution is 2.34. The average molecular weight is 622 g/mol. The third kappa shape index (κ3) is 7.43. The number of benzene rings is 2. The van der Waals surface area contributed by atoms with E-state index in [0.717, 1.165) is 12.1 Å². The summed E-state index contributed by atoms with van der Waals surface area (Å²) in [4.78, 5) is 41.4. The molecule has 236 valence electrons. The normalized spacial score (nSPS) is 15.1. The van der Waals surface area contributed by atoms with Crippen LogP contribution in [0.2, 0.25) is 0 Å². The van der Waals surface area contributed by atoms with E-state index in [4.69, 9.17) is 11.5 Å². The molecule has 0 saturated carbocycles. The Labute approximate surface area is 241 Å². The summed E-state index contributed by atoms with van der Waals surface area (Å²) < 4.78 is 95.5. The first-order valence-corrected chi connectivity index (χ1v) is 13.1. The Balaban J connectivity index is 1.90. The standard InChI is InChI=1S/C27H30F7N5O4/c1-13(10-18(40)38(8-6-35)9-7-36)25(42)37-23(24(41)14-2-4-15(5-3-14)27(32,33)34)26(43)39-11-16-17(12-39)20(29)22(31)21(30)19(16)28/h2-5,13,23-24,41H,6-12,35-36H2,1H3,(H,37,42). The number of hydrogen-bond donors (Lipinski definition) is 4. The maximum atomic E-state index is 14.4.